The van der Waals surface area contributed by atoms with Gasteiger partial charge in [-0.05, 0) is 43.5 Å². The van der Waals surface area contributed by atoms with Crippen molar-refractivity contribution in [3.8, 4) is 11.5 Å². The molecule has 1 heterocycles. The predicted molar refractivity (Wildman–Crippen MR) is 127 cm³/mol. The average molecular weight is 439 g/mol. The number of para-hydroxylation sites is 2. The van der Waals surface area contributed by atoms with Crippen molar-refractivity contribution in [1.82, 2.24) is 15.5 Å². The average Bonchev–Trinajstić information content (AvgIpc) is 3.20. The van der Waals surface area contributed by atoms with Gasteiger partial charge in [0.1, 0.15) is 6.10 Å². The maximum absolute atomic E-state index is 11.9. The molecule has 2 aromatic rings. The predicted octanol–water partition coefficient (Wildman–Crippen LogP) is 3.34. The van der Waals surface area contributed by atoms with Crippen LogP contribution in [0.25, 0.3) is 0 Å². The number of hydrogen-bond acceptors (Lipinski definition) is 4. The lowest BCUT2D eigenvalue weighted by atomic mass is 10.1. The highest BCUT2D eigenvalue weighted by Gasteiger charge is 2.19. The molecule has 7 nitrogen and oxygen atoms in total. The van der Waals surface area contributed by atoms with E-state index in [9.17, 15) is 4.79 Å². The molecule has 7 heteroatoms. The number of amides is 1. The van der Waals surface area contributed by atoms with Gasteiger partial charge in [0.15, 0.2) is 17.5 Å². The van der Waals surface area contributed by atoms with Crippen LogP contribution in [0.15, 0.2) is 53.5 Å². The molecule has 0 aromatic heterocycles. The van der Waals surface area contributed by atoms with Crippen LogP contribution in [0.2, 0.25) is 0 Å². The van der Waals surface area contributed by atoms with Crippen LogP contribution in [0.5, 0.6) is 11.5 Å². The molecular weight excluding hydrogens is 404 g/mol. The summed E-state index contributed by atoms with van der Waals surface area (Å²) in [4.78, 5) is 18.5. The zero-order valence-corrected chi connectivity index (χ0v) is 19.3. The fourth-order valence-corrected chi connectivity index (χ4v) is 3.65. The molecule has 0 spiro atoms. The maximum atomic E-state index is 11.9. The molecule has 2 aromatic carbocycles. The van der Waals surface area contributed by atoms with Crippen molar-refractivity contribution >= 4 is 11.9 Å². The third-order valence-electron chi connectivity index (χ3n) is 5.25. The molecule has 1 aliphatic rings. The molecule has 32 heavy (non-hydrogen) atoms. The van der Waals surface area contributed by atoms with E-state index >= 15 is 0 Å². The van der Waals surface area contributed by atoms with Crippen molar-refractivity contribution in [3.05, 3.63) is 59.7 Å². The summed E-state index contributed by atoms with van der Waals surface area (Å²) in [5.74, 6) is 2.43. The minimum atomic E-state index is -0.0727. The SMILES string of the molecule is CCNC(=NCc1cccc(CN2CCCC2=O)c1)NCC(C)Oc1ccccc1OC. The van der Waals surface area contributed by atoms with Crippen LogP contribution in [0, 0.1) is 0 Å². The first-order valence-corrected chi connectivity index (χ1v) is 11.3. The summed E-state index contributed by atoms with van der Waals surface area (Å²) < 4.78 is 11.4. The van der Waals surface area contributed by atoms with Gasteiger partial charge in [0.25, 0.3) is 0 Å². The first-order valence-electron chi connectivity index (χ1n) is 11.3. The third kappa shape index (κ3) is 6.90. The molecule has 0 radical (unpaired) electrons. The van der Waals surface area contributed by atoms with E-state index in [1.54, 1.807) is 7.11 Å². The van der Waals surface area contributed by atoms with Crippen LogP contribution in [0.4, 0.5) is 0 Å². The van der Waals surface area contributed by atoms with Crippen molar-refractivity contribution in [3.63, 3.8) is 0 Å². The summed E-state index contributed by atoms with van der Waals surface area (Å²) in [7, 11) is 1.64. The van der Waals surface area contributed by atoms with Crippen molar-refractivity contribution in [2.75, 3.05) is 26.7 Å². The summed E-state index contributed by atoms with van der Waals surface area (Å²) in [6.07, 6.45) is 1.55. The van der Waals surface area contributed by atoms with Gasteiger partial charge in [0.2, 0.25) is 5.91 Å². The summed E-state index contributed by atoms with van der Waals surface area (Å²) in [6.45, 7) is 7.49. The van der Waals surface area contributed by atoms with Gasteiger partial charge >= 0.3 is 0 Å². The number of guanidine groups is 1. The Morgan fingerprint density at radius 1 is 1.12 bits per heavy atom. The largest absolute Gasteiger partial charge is 0.493 e. The van der Waals surface area contributed by atoms with E-state index < -0.39 is 0 Å². The van der Waals surface area contributed by atoms with Crippen LogP contribution in [0.1, 0.15) is 37.8 Å². The number of hydrogen-bond donors (Lipinski definition) is 2. The Balaban J connectivity index is 1.55. The number of nitrogens with one attached hydrogen (secondary N) is 2. The Bertz CT molecular complexity index is 916. The number of aliphatic imine (C=N–C) groups is 1. The number of benzene rings is 2. The minimum Gasteiger partial charge on any atom is -0.493 e. The van der Waals surface area contributed by atoms with E-state index in [1.807, 2.05) is 49.1 Å². The Hall–Kier alpha value is -3.22. The smallest absolute Gasteiger partial charge is 0.222 e. The van der Waals surface area contributed by atoms with E-state index in [1.165, 1.54) is 0 Å². The van der Waals surface area contributed by atoms with Crippen LogP contribution in [0.3, 0.4) is 0 Å². The number of likely N-dealkylation sites (tertiary alicyclic amines) is 1. The lowest BCUT2D eigenvalue weighted by molar-refractivity contribution is -0.128. The fourth-order valence-electron chi connectivity index (χ4n) is 3.65. The fraction of sp³-hybridized carbons (Fsp3) is 0.440. The first kappa shape index (κ1) is 23.4. The highest BCUT2D eigenvalue weighted by atomic mass is 16.5. The molecule has 1 amide bonds. The molecule has 172 valence electrons. The van der Waals surface area contributed by atoms with E-state index in [-0.39, 0.29) is 12.0 Å². The molecule has 2 N–H and O–H groups in total. The second-order valence-electron chi connectivity index (χ2n) is 7.89. The quantitative estimate of drug-likeness (QED) is 0.440. The molecule has 1 saturated heterocycles. The van der Waals surface area contributed by atoms with Gasteiger partial charge in [0, 0.05) is 26.1 Å². The summed E-state index contributed by atoms with van der Waals surface area (Å²) >= 11 is 0. The number of nitrogens with zero attached hydrogens (tertiary/aromatic N) is 2. The first-order chi connectivity index (χ1) is 15.6. The zero-order valence-electron chi connectivity index (χ0n) is 19.3. The van der Waals surface area contributed by atoms with E-state index in [0.29, 0.717) is 26.1 Å². The van der Waals surface area contributed by atoms with Crippen molar-refractivity contribution in [2.45, 2.75) is 45.9 Å². The van der Waals surface area contributed by atoms with Crippen LogP contribution in [-0.2, 0) is 17.9 Å². The van der Waals surface area contributed by atoms with E-state index in [4.69, 9.17) is 14.5 Å². The molecule has 3 rings (SSSR count). The Morgan fingerprint density at radius 2 is 1.91 bits per heavy atom. The van der Waals surface area contributed by atoms with Gasteiger partial charge in [-0.2, -0.15) is 0 Å². The number of ether oxygens (including phenoxy) is 2. The van der Waals surface area contributed by atoms with E-state index in [0.717, 1.165) is 48.1 Å². The summed E-state index contributed by atoms with van der Waals surface area (Å²) in [5, 5.41) is 6.63. The Labute approximate surface area is 190 Å². The molecule has 0 bridgehead atoms. The van der Waals surface area contributed by atoms with Crippen molar-refractivity contribution < 1.29 is 14.3 Å². The topological polar surface area (TPSA) is 75.2 Å². The van der Waals surface area contributed by atoms with Gasteiger partial charge in [-0.25, -0.2) is 4.99 Å². The van der Waals surface area contributed by atoms with Gasteiger partial charge in [-0.15, -0.1) is 0 Å². The summed E-state index contributed by atoms with van der Waals surface area (Å²) in [5.41, 5.74) is 2.26. The number of rotatable bonds is 10. The normalized spacial score (nSPS) is 14.9. The maximum Gasteiger partial charge on any atom is 0.222 e. The Kier molecular flexibility index (Phi) is 8.78. The standard InChI is InChI=1S/C25H34N4O3/c1-4-26-25(27-16-19(2)32-23-12-6-5-11-22(23)31-3)28-17-20-9-7-10-21(15-20)18-29-14-8-13-24(29)30/h5-7,9-12,15,19H,4,8,13-14,16-18H2,1-3H3,(H2,26,27,28). The Morgan fingerprint density at radius 3 is 2.62 bits per heavy atom. The molecule has 1 aliphatic heterocycles. The van der Waals surface area contributed by atoms with Crippen LogP contribution in [-0.4, -0.2) is 49.6 Å². The van der Waals surface area contributed by atoms with Gasteiger partial charge in [-0.1, -0.05) is 36.4 Å². The second-order valence-corrected chi connectivity index (χ2v) is 7.89. The number of methoxy groups -OCH3 is 1. The van der Waals surface area contributed by atoms with Crippen molar-refractivity contribution in [1.29, 1.82) is 0 Å². The number of carbonyl (C=O) groups is 1. The van der Waals surface area contributed by atoms with Gasteiger partial charge in [0.05, 0.1) is 20.2 Å². The minimum absolute atomic E-state index is 0.0727. The van der Waals surface area contributed by atoms with Crippen LogP contribution < -0.4 is 20.1 Å². The summed E-state index contributed by atoms with van der Waals surface area (Å²) in [6, 6.07) is 15.9. The second kappa shape index (κ2) is 12.0. The molecular formula is C25H34N4O3. The van der Waals surface area contributed by atoms with Gasteiger partial charge in [-0.3, -0.25) is 4.79 Å². The highest BCUT2D eigenvalue weighted by molar-refractivity contribution is 5.79. The molecule has 0 aliphatic carbocycles. The zero-order chi connectivity index (χ0) is 22.8. The third-order valence-corrected chi connectivity index (χ3v) is 5.25. The molecule has 1 fully saturated rings. The van der Waals surface area contributed by atoms with E-state index in [2.05, 4.69) is 28.8 Å². The molecule has 1 unspecified atom stereocenters. The van der Waals surface area contributed by atoms with Gasteiger partial charge < -0.3 is 25.0 Å². The molecule has 1 atom stereocenters. The van der Waals surface area contributed by atoms with Crippen molar-refractivity contribution in [2.24, 2.45) is 4.99 Å². The monoisotopic (exact) mass is 438 g/mol. The van der Waals surface area contributed by atoms with Crippen LogP contribution >= 0.6 is 0 Å². The molecule has 0 saturated carbocycles. The lowest BCUT2D eigenvalue weighted by Gasteiger charge is -2.19. The number of carbonyl (C=O) groups excluding carboxylic acids is 1. The highest BCUT2D eigenvalue weighted by Crippen LogP contribution is 2.26. The lowest BCUT2D eigenvalue weighted by Crippen LogP contribution is -2.41.